The molecule has 4 aromatic rings. The van der Waals surface area contributed by atoms with E-state index in [0.717, 1.165) is 16.9 Å². The Morgan fingerprint density at radius 3 is 2.73 bits per heavy atom. The molecule has 0 spiro atoms. The van der Waals surface area contributed by atoms with Crippen molar-refractivity contribution >= 4 is 28.5 Å². The van der Waals surface area contributed by atoms with Crippen LogP contribution in [0.15, 0.2) is 73.1 Å². The van der Waals surface area contributed by atoms with Gasteiger partial charge in [-0.25, -0.2) is 4.98 Å². The predicted molar refractivity (Wildman–Crippen MR) is 117 cm³/mol. The third kappa shape index (κ3) is 4.60. The Morgan fingerprint density at radius 1 is 1.07 bits per heavy atom. The molecule has 0 aliphatic rings. The van der Waals surface area contributed by atoms with Crippen molar-refractivity contribution in [3.63, 3.8) is 0 Å². The Hall–Kier alpha value is -3.38. The number of halogens is 1. The Labute approximate surface area is 179 Å². The molecule has 1 amide bonds. The van der Waals surface area contributed by atoms with Crippen molar-refractivity contribution in [2.75, 3.05) is 13.2 Å². The Morgan fingerprint density at radius 2 is 1.90 bits per heavy atom. The first-order chi connectivity index (χ1) is 14.7. The number of benzene rings is 2. The summed E-state index contributed by atoms with van der Waals surface area (Å²) >= 11 is 6.17. The predicted octanol–water partition coefficient (Wildman–Crippen LogP) is 4.14. The Bertz CT molecular complexity index is 1140. The largest absolute Gasteiger partial charge is 0.490 e. The molecule has 0 saturated carbocycles. The second kappa shape index (κ2) is 9.41. The van der Waals surface area contributed by atoms with Gasteiger partial charge in [0.05, 0.1) is 28.2 Å². The molecule has 0 atom stereocenters. The highest BCUT2D eigenvalue weighted by molar-refractivity contribution is 6.32. The Kier molecular flexibility index (Phi) is 6.25. The highest BCUT2D eigenvalue weighted by Gasteiger charge is 2.12. The number of imidazole rings is 1. The summed E-state index contributed by atoms with van der Waals surface area (Å²) in [4.78, 5) is 21.0. The zero-order valence-electron chi connectivity index (χ0n) is 16.3. The number of fused-ring (bicyclic) bond motifs is 1. The third-order valence-electron chi connectivity index (χ3n) is 4.70. The molecule has 0 aliphatic heterocycles. The highest BCUT2D eigenvalue weighted by Crippen LogP contribution is 2.23. The van der Waals surface area contributed by atoms with Crippen LogP contribution in [0.4, 0.5) is 0 Å². The van der Waals surface area contributed by atoms with E-state index >= 15 is 0 Å². The van der Waals surface area contributed by atoms with Gasteiger partial charge in [0.15, 0.2) is 0 Å². The van der Waals surface area contributed by atoms with Crippen molar-refractivity contribution in [3.05, 3.63) is 89.5 Å². The van der Waals surface area contributed by atoms with E-state index in [1.54, 1.807) is 30.6 Å². The molecular weight excluding hydrogens is 400 g/mol. The molecule has 6 nitrogen and oxygen atoms in total. The minimum atomic E-state index is -0.146. The van der Waals surface area contributed by atoms with E-state index in [1.807, 2.05) is 42.5 Å². The quantitative estimate of drug-likeness (QED) is 0.465. The molecule has 30 heavy (non-hydrogen) atoms. The van der Waals surface area contributed by atoms with Gasteiger partial charge in [-0.2, -0.15) is 0 Å². The summed E-state index contributed by atoms with van der Waals surface area (Å²) in [6.07, 6.45) is 3.80. The van der Waals surface area contributed by atoms with E-state index in [1.165, 1.54) is 0 Å². The normalized spacial score (nSPS) is 10.8. The fourth-order valence-electron chi connectivity index (χ4n) is 3.26. The van der Waals surface area contributed by atoms with Crippen molar-refractivity contribution in [3.8, 4) is 5.75 Å². The SMILES string of the molecule is O=C(NCCc1nc2ccccc2n1CCOc1ccccc1Cl)c1cccnc1. The van der Waals surface area contributed by atoms with Gasteiger partial charge in [0.1, 0.15) is 18.2 Å². The van der Waals surface area contributed by atoms with E-state index in [4.69, 9.17) is 21.3 Å². The number of amides is 1. The van der Waals surface area contributed by atoms with Gasteiger partial charge in [-0.3, -0.25) is 9.78 Å². The van der Waals surface area contributed by atoms with Gasteiger partial charge in [0.2, 0.25) is 0 Å². The Balaban J connectivity index is 1.43. The van der Waals surface area contributed by atoms with E-state index in [-0.39, 0.29) is 5.91 Å². The number of aromatic nitrogens is 3. The maximum Gasteiger partial charge on any atom is 0.252 e. The second-order valence-electron chi connectivity index (χ2n) is 6.69. The molecule has 0 unspecified atom stereocenters. The first-order valence-electron chi connectivity index (χ1n) is 9.72. The fourth-order valence-corrected chi connectivity index (χ4v) is 3.45. The lowest BCUT2D eigenvalue weighted by molar-refractivity contribution is 0.0953. The summed E-state index contributed by atoms with van der Waals surface area (Å²) in [6, 6.07) is 18.9. The number of para-hydroxylation sites is 3. The number of nitrogens with zero attached hydrogens (tertiary/aromatic N) is 3. The monoisotopic (exact) mass is 420 g/mol. The molecule has 0 saturated heterocycles. The van der Waals surface area contributed by atoms with Gasteiger partial charge < -0.3 is 14.6 Å². The lowest BCUT2D eigenvalue weighted by Gasteiger charge is -2.12. The van der Waals surface area contributed by atoms with Gasteiger partial charge in [0.25, 0.3) is 5.91 Å². The van der Waals surface area contributed by atoms with Gasteiger partial charge in [0, 0.05) is 25.4 Å². The van der Waals surface area contributed by atoms with Crippen LogP contribution in [0.2, 0.25) is 5.02 Å². The summed E-state index contributed by atoms with van der Waals surface area (Å²) in [6.45, 7) is 1.55. The second-order valence-corrected chi connectivity index (χ2v) is 7.10. The zero-order valence-corrected chi connectivity index (χ0v) is 17.0. The van der Waals surface area contributed by atoms with E-state index < -0.39 is 0 Å². The summed E-state index contributed by atoms with van der Waals surface area (Å²) in [5.41, 5.74) is 2.50. The standard InChI is InChI=1S/C23H21ClN4O2/c24-18-7-1-4-10-21(18)30-15-14-28-20-9-3-2-8-19(20)27-22(28)11-13-26-23(29)17-6-5-12-25-16-17/h1-10,12,16H,11,13-15H2,(H,26,29). The summed E-state index contributed by atoms with van der Waals surface area (Å²) in [5, 5.41) is 3.52. The van der Waals surface area contributed by atoms with Crippen LogP contribution in [0.5, 0.6) is 5.75 Å². The van der Waals surface area contributed by atoms with Crippen LogP contribution in [0.25, 0.3) is 11.0 Å². The number of rotatable bonds is 8. The first kappa shape index (κ1) is 19.9. The van der Waals surface area contributed by atoms with Crippen LogP contribution in [-0.2, 0) is 13.0 Å². The molecule has 7 heteroatoms. The van der Waals surface area contributed by atoms with Crippen molar-refractivity contribution in [1.82, 2.24) is 19.9 Å². The molecule has 1 N–H and O–H groups in total. The lowest BCUT2D eigenvalue weighted by atomic mass is 10.2. The number of hydrogen-bond acceptors (Lipinski definition) is 4. The minimum Gasteiger partial charge on any atom is -0.490 e. The number of ether oxygens (including phenoxy) is 1. The number of hydrogen-bond donors (Lipinski definition) is 1. The average Bonchev–Trinajstić information content (AvgIpc) is 3.13. The molecule has 0 bridgehead atoms. The number of nitrogens with one attached hydrogen (secondary N) is 1. The average molecular weight is 421 g/mol. The van der Waals surface area contributed by atoms with Crippen LogP contribution in [0.1, 0.15) is 16.2 Å². The van der Waals surface area contributed by atoms with Gasteiger partial charge in [-0.1, -0.05) is 35.9 Å². The maximum atomic E-state index is 12.2. The van der Waals surface area contributed by atoms with E-state index in [9.17, 15) is 4.79 Å². The molecular formula is C23H21ClN4O2. The smallest absolute Gasteiger partial charge is 0.252 e. The van der Waals surface area contributed by atoms with Gasteiger partial charge in [-0.05, 0) is 36.4 Å². The molecule has 0 radical (unpaired) electrons. The van der Waals surface area contributed by atoms with Crippen LogP contribution < -0.4 is 10.1 Å². The molecule has 0 fully saturated rings. The number of pyridine rings is 1. The molecule has 0 aliphatic carbocycles. The van der Waals surface area contributed by atoms with Crippen molar-refractivity contribution < 1.29 is 9.53 Å². The summed E-state index contributed by atoms with van der Waals surface area (Å²) < 4.78 is 7.98. The fraction of sp³-hybridized carbons (Fsp3) is 0.174. The van der Waals surface area contributed by atoms with E-state index in [2.05, 4.69) is 14.9 Å². The topological polar surface area (TPSA) is 69.0 Å². The van der Waals surface area contributed by atoms with Crippen LogP contribution in [0, 0.1) is 0 Å². The summed E-state index contributed by atoms with van der Waals surface area (Å²) in [7, 11) is 0. The zero-order chi connectivity index (χ0) is 20.8. The molecule has 2 aromatic carbocycles. The molecule has 152 valence electrons. The third-order valence-corrected chi connectivity index (χ3v) is 5.01. The minimum absolute atomic E-state index is 0.146. The molecule has 2 aromatic heterocycles. The van der Waals surface area contributed by atoms with Crippen molar-refractivity contribution in [2.24, 2.45) is 0 Å². The number of carbonyl (C=O) groups excluding carboxylic acids is 1. The first-order valence-corrected chi connectivity index (χ1v) is 10.1. The lowest BCUT2D eigenvalue weighted by Crippen LogP contribution is -2.26. The van der Waals surface area contributed by atoms with Gasteiger partial charge in [-0.15, -0.1) is 0 Å². The highest BCUT2D eigenvalue weighted by atomic mass is 35.5. The van der Waals surface area contributed by atoms with E-state index in [0.29, 0.717) is 42.5 Å². The van der Waals surface area contributed by atoms with Gasteiger partial charge >= 0.3 is 0 Å². The van der Waals surface area contributed by atoms with Crippen molar-refractivity contribution in [2.45, 2.75) is 13.0 Å². The van der Waals surface area contributed by atoms with Crippen LogP contribution in [-0.4, -0.2) is 33.6 Å². The van der Waals surface area contributed by atoms with Crippen LogP contribution >= 0.6 is 11.6 Å². The van der Waals surface area contributed by atoms with Crippen molar-refractivity contribution in [1.29, 1.82) is 0 Å². The number of carbonyl (C=O) groups is 1. The maximum absolute atomic E-state index is 12.2. The molecule has 2 heterocycles. The summed E-state index contributed by atoms with van der Waals surface area (Å²) in [5.74, 6) is 1.41. The van der Waals surface area contributed by atoms with Crippen LogP contribution in [0.3, 0.4) is 0 Å². The molecule has 4 rings (SSSR count).